The third-order valence-electron chi connectivity index (χ3n) is 2.74. The Morgan fingerprint density at radius 1 is 1.42 bits per heavy atom. The summed E-state index contributed by atoms with van der Waals surface area (Å²) in [5, 5.41) is 9.24. The fourth-order valence-electron chi connectivity index (χ4n) is 1.62. The molecule has 1 rings (SSSR count). The number of aliphatic hydroxyl groups excluding tert-OH is 1. The maximum absolute atomic E-state index is 12.0. The largest absolute Gasteiger partial charge is 0.396 e. The van der Waals surface area contributed by atoms with Crippen LogP contribution in [0.4, 0.5) is 0 Å². The molecular weight excluding hydrogens is 288 g/mol. The van der Waals surface area contributed by atoms with E-state index in [-0.39, 0.29) is 13.2 Å². The van der Waals surface area contributed by atoms with Crippen molar-refractivity contribution < 1.29 is 13.5 Å². The highest BCUT2D eigenvalue weighted by atomic mass is 35.5. The van der Waals surface area contributed by atoms with Crippen LogP contribution < -0.4 is 4.72 Å². The molecule has 0 bridgehead atoms. The average molecular weight is 307 g/mol. The lowest BCUT2D eigenvalue weighted by molar-refractivity contribution is 0.275. The second-order valence-electron chi connectivity index (χ2n) is 4.26. The van der Waals surface area contributed by atoms with E-state index in [4.69, 9.17) is 16.7 Å². The predicted molar refractivity (Wildman–Crippen MR) is 76.3 cm³/mol. The van der Waals surface area contributed by atoms with E-state index in [1.165, 1.54) is 11.4 Å². The Hall–Kier alpha value is -0.660. The van der Waals surface area contributed by atoms with Crippen LogP contribution in [-0.2, 0) is 10.2 Å². The Bertz CT molecular complexity index is 507. The standard InChI is InChI=1S/C12H19ClN2O3S/c1-10(11-6-3-4-7-12(11)13)14-19(17,18)15(2)8-5-9-16/h3-4,6-7,10,14,16H,5,8-9H2,1-2H3. The fourth-order valence-corrected chi connectivity index (χ4v) is 3.04. The van der Waals surface area contributed by atoms with Crippen molar-refractivity contribution in [1.82, 2.24) is 9.03 Å². The van der Waals surface area contributed by atoms with Crippen molar-refractivity contribution in [3.05, 3.63) is 34.9 Å². The van der Waals surface area contributed by atoms with Gasteiger partial charge in [-0.1, -0.05) is 29.8 Å². The first-order valence-electron chi connectivity index (χ1n) is 5.97. The van der Waals surface area contributed by atoms with Gasteiger partial charge in [-0.2, -0.15) is 17.4 Å². The van der Waals surface area contributed by atoms with Gasteiger partial charge in [0, 0.05) is 31.3 Å². The van der Waals surface area contributed by atoms with Gasteiger partial charge >= 0.3 is 0 Å². The summed E-state index contributed by atoms with van der Waals surface area (Å²) in [7, 11) is -2.11. The summed E-state index contributed by atoms with van der Waals surface area (Å²) in [5.41, 5.74) is 0.725. The Labute approximate surface area is 119 Å². The molecule has 0 spiro atoms. The zero-order chi connectivity index (χ0) is 14.5. The highest BCUT2D eigenvalue weighted by Crippen LogP contribution is 2.22. The van der Waals surface area contributed by atoms with Crippen molar-refractivity contribution in [2.45, 2.75) is 19.4 Å². The van der Waals surface area contributed by atoms with Gasteiger partial charge in [0.15, 0.2) is 0 Å². The van der Waals surface area contributed by atoms with Gasteiger partial charge in [0.2, 0.25) is 0 Å². The highest BCUT2D eigenvalue weighted by molar-refractivity contribution is 7.87. The first-order valence-corrected chi connectivity index (χ1v) is 7.79. The molecule has 108 valence electrons. The second kappa shape index (κ2) is 7.21. The van der Waals surface area contributed by atoms with Crippen molar-refractivity contribution in [3.8, 4) is 0 Å². The molecule has 0 saturated heterocycles. The lowest BCUT2D eigenvalue weighted by atomic mass is 10.1. The molecule has 1 aromatic rings. The van der Waals surface area contributed by atoms with Gasteiger partial charge in [0.25, 0.3) is 10.2 Å². The molecule has 0 amide bonds. The highest BCUT2D eigenvalue weighted by Gasteiger charge is 2.21. The molecule has 0 saturated carbocycles. The van der Waals surface area contributed by atoms with E-state index in [2.05, 4.69) is 4.72 Å². The average Bonchev–Trinajstić information content (AvgIpc) is 2.35. The minimum atomic E-state index is -3.58. The number of aliphatic hydroxyl groups is 1. The maximum Gasteiger partial charge on any atom is 0.279 e. The van der Waals surface area contributed by atoms with E-state index in [0.29, 0.717) is 11.4 Å². The van der Waals surface area contributed by atoms with Crippen molar-refractivity contribution in [3.63, 3.8) is 0 Å². The van der Waals surface area contributed by atoms with Crippen LogP contribution in [0.15, 0.2) is 24.3 Å². The Kier molecular flexibility index (Phi) is 6.22. The first-order chi connectivity index (χ1) is 8.88. The summed E-state index contributed by atoms with van der Waals surface area (Å²) in [5.74, 6) is 0. The van der Waals surface area contributed by atoms with Gasteiger partial charge in [-0.05, 0) is 25.0 Å². The molecule has 1 aromatic carbocycles. The molecule has 0 heterocycles. The summed E-state index contributed by atoms with van der Waals surface area (Å²) in [4.78, 5) is 0. The van der Waals surface area contributed by atoms with Crippen molar-refractivity contribution >= 4 is 21.8 Å². The quantitative estimate of drug-likeness (QED) is 0.803. The fraction of sp³-hybridized carbons (Fsp3) is 0.500. The lowest BCUT2D eigenvalue weighted by Crippen LogP contribution is -2.40. The molecule has 0 radical (unpaired) electrons. The van der Waals surface area contributed by atoms with Gasteiger partial charge in [-0.3, -0.25) is 0 Å². The molecule has 2 N–H and O–H groups in total. The molecule has 0 aromatic heterocycles. The summed E-state index contributed by atoms with van der Waals surface area (Å²) in [6.45, 7) is 1.96. The van der Waals surface area contributed by atoms with E-state index in [9.17, 15) is 8.42 Å². The lowest BCUT2D eigenvalue weighted by Gasteiger charge is -2.21. The van der Waals surface area contributed by atoms with Crippen molar-refractivity contribution in [1.29, 1.82) is 0 Å². The third kappa shape index (κ3) is 4.74. The minimum absolute atomic E-state index is 0.0417. The second-order valence-corrected chi connectivity index (χ2v) is 6.48. The van der Waals surface area contributed by atoms with Crippen molar-refractivity contribution in [2.24, 2.45) is 0 Å². The Morgan fingerprint density at radius 3 is 2.63 bits per heavy atom. The molecule has 19 heavy (non-hydrogen) atoms. The number of nitrogens with one attached hydrogen (secondary N) is 1. The molecule has 7 heteroatoms. The maximum atomic E-state index is 12.0. The van der Waals surface area contributed by atoms with Gasteiger partial charge in [-0.15, -0.1) is 0 Å². The van der Waals surface area contributed by atoms with Crippen LogP contribution in [0.25, 0.3) is 0 Å². The molecule has 5 nitrogen and oxygen atoms in total. The molecule has 0 aliphatic rings. The van der Waals surface area contributed by atoms with Gasteiger partial charge in [-0.25, -0.2) is 0 Å². The Morgan fingerprint density at radius 2 is 2.05 bits per heavy atom. The molecule has 1 unspecified atom stereocenters. The molecule has 0 fully saturated rings. The number of halogens is 1. The van der Waals surface area contributed by atoms with Crippen molar-refractivity contribution in [2.75, 3.05) is 20.2 Å². The van der Waals surface area contributed by atoms with Crippen LogP contribution in [0.2, 0.25) is 5.02 Å². The first kappa shape index (κ1) is 16.4. The molecule has 0 aliphatic heterocycles. The van der Waals surface area contributed by atoms with Crippen LogP contribution in [0, 0.1) is 0 Å². The van der Waals surface area contributed by atoms with Crippen LogP contribution in [0.1, 0.15) is 24.9 Å². The molecule has 1 atom stereocenters. The normalized spacial score (nSPS) is 13.7. The minimum Gasteiger partial charge on any atom is -0.396 e. The summed E-state index contributed by atoms with van der Waals surface area (Å²) >= 11 is 6.03. The van der Waals surface area contributed by atoms with E-state index < -0.39 is 16.3 Å². The molecule has 0 aliphatic carbocycles. The monoisotopic (exact) mass is 306 g/mol. The summed E-state index contributed by atoms with van der Waals surface area (Å²) in [6.07, 6.45) is 0.401. The van der Waals surface area contributed by atoms with Crippen LogP contribution in [0.3, 0.4) is 0 Å². The number of rotatable bonds is 7. The molecular formula is C12H19ClN2O3S. The third-order valence-corrected chi connectivity index (χ3v) is 4.74. The number of nitrogens with zero attached hydrogens (tertiary/aromatic N) is 1. The summed E-state index contributed by atoms with van der Waals surface area (Å²) in [6, 6.07) is 6.68. The SMILES string of the molecule is CC(NS(=O)(=O)N(C)CCCO)c1ccccc1Cl. The number of hydrogen-bond acceptors (Lipinski definition) is 3. The van der Waals surface area contributed by atoms with E-state index in [1.807, 2.05) is 6.07 Å². The zero-order valence-electron chi connectivity index (χ0n) is 11.0. The van der Waals surface area contributed by atoms with E-state index in [1.54, 1.807) is 25.1 Å². The van der Waals surface area contributed by atoms with Gasteiger partial charge in [0.1, 0.15) is 0 Å². The van der Waals surface area contributed by atoms with E-state index >= 15 is 0 Å². The number of benzene rings is 1. The Balaban J connectivity index is 2.76. The van der Waals surface area contributed by atoms with E-state index in [0.717, 1.165) is 5.56 Å². The summed E-state index contributed by atoms with van der Waals surface area (Å²) < 4.78 is 27.8. The zero-order valence-corrected chi connectivity index (χ0v) is 12.6. The number of hydrogen-bond donors (Lipinski definition) is 2. The van der Waals surface area contributed by atoms with Crippen LogP contribution >= 0.6 is 11.6 Å². The predicted octanol–water partition coefficient (Wildman–Crippen LogP) is 1.55. The van der Waals surface area contributed by atoms with Crippen LogP contribution in [-0.4, -0.2) is 38.0 Å². The van der Waals surface area contributed by atoms with Gasteiger partial charge < -0.3 is 5.11 Å². The smallest absolute Gasteiger partial charge is 0.279 e. The topological polar surface area (TPSA) is 69.6 Å². The van der Waals surface area contributed by atoms with Crippen LogP contribution in [0.5, 0.6) is 0 Å². The van der Waals surface area contributed by atoms with Gasteiger partial charge in [0.05, 0.1) is 0 Å².